The quantitative estimate of drug-likeness (QED) is 0.274. The minimum Gasteiger partial charge on any atom is -0.496 e. The van der Waals surface area contributed by atoms with Crippen LogP contribution >= 0.6 is 0 Å². The van der Waals surface area contributed by atoms with E-state index in [0.29, 0.717) is 37.0 Å². The number of hydrogen-bond donors (Lipinski definition) is 3. The number of β-amino-alcohol motifs (C(OH)–C–C–N with tert-alkyl or cyclic N) is 2. The van der Waals surface area contributed by atoms with Gasteiger partial charge in [0.1, 0.15) is 23.2 Å². The average Bonchev–Trinajstić information content (AvgIpc) is 3.01. The SMILES string of the molecule is COc1cccc(F)c1-c1nccc(Nc2cc(N3CCC[C@H](O)C3)c(-c3ccc(CN4CCCC(O)C4)nc3)cn2)n1. The second-order valence-electron chi connectivity index (χ2n) is 11.1. The van der Waals surface area contributed by atoms with Crippen LogP contribution in [0.2, 0.25) is 0 Å². The lowest BCUT2D eigenvalue weighted by molar-refractivity contribution is 0.0662. The number of piperidine rings is 2. The Hall–Kier alpha value is -4.19. The number of anilines is 3. The van der Waals surface area contributed by atoms with Crippen molar-refractivity contribution in [2.45, 2.75) is 44.4 Å². The van der Waals surface area contributed by atoms with E-state index in [-0.39, 0.29) is 17.5 Å². The number of benzene rings is 1. The predicted molar refractivity (Wildman–Crippen MR) is 163 cm³/mol. The van der Waals surface area contributed by atoms with Crippen molar-refractivity contribution in [1.82, 2.24) is 24.8 Å². The Morgan fingerprint density at radius 3 is 2.56 bits per heavy atom. The number of rotatable bonds is 8. The number of ether oxygens (including phenoxy) is 1. The van der Waals surface area contributed by atoms with Crippen LogP contribution in [0.15, 0.2) is 61.1 Å². The summed E-state index contributed by atoms with van der Waals surface area (Å²) in [5, 5.41) is 23.7. The number of hydrogen-bond acceptors (Lipinski definition) is 10. The van der Waals surface area contributed by atoms with E-state index >= 15 is 0 Å². The van der Waals surface area contributed by atoms with Gasteiger partial charge in [-0.05, 0) is 56.5 Å². The molecule has 2 aliphatic heterocycles. The summed E-state index contributed by atoms with van der Waals surface area (Å²) in [5.74, 6) is 1.07. The van der Waals surface area contributed by atoms with E-state index in [9.17, 15) is 14.6 Å². The van der Waals surface area contributed by atoms with Gasteiger partial charge in [-0.25, -0.2) is 19.3 Å². The number of methoxy groups -OCH3 is 1. The zero-order chi connectivity index (χ0) is 29.8. The first-order valence-electron chi connectivity index (χ1n) is 14.7. The summed E-state index contributed by atoms with van der Waals surface area (Å²) in [6, 6.07) is 12.3. The van der Waals surface area contributed by atoms with Crippen LogP contribution in [0.5, 0.6) is 5.75 Å². The van der Waals surface area contributed by atoms with Crippen LogP contribution < -0.4 is 15.0 Å². The molecule has 6 rings (SSSR count). The van der Waals surface area contributed by atoms with Crippen molar-refractivity contribution in [3.05, 3.63) is 72.6 Å². The highest BCUT2D eigenvalue weighted by Crippen LogP contribution is 2.35. The standard InChI is InChI=1S/C32H36FN7O3/c1-43-28-8-2-7-26(33)31(28)32-34-12-11-29(38-32)37-30-15-27(40-14-4-6-24(42)20-40)25(17-36-30)21-9-10-22(35-16-21)18-39-13-3-5-23(41)19-39/h2,7-12,15-17,23-24,41-42H,3-6,13-14,18-20H2,1H3,(H,34,36,37,38)/t23?,24-/m0/s1. The van der Waals surface area contributed by atoms with Crippen molar-refractivity contribution >= 4 is 17.3 Å². The number of aliphatic hydroxyl groups excluding tert-OH is 2. The maximum Gasteiger partial charge on any atom is 0.168 e. The van der Waals surface area contributed by atoms with Gasteiger partial charge in [0, 0.05) is 67.7 Å². The van der Waals surface area contributed by atoms with E-state index in [1.54, 1.807) is 30.6 Å². The van der Waals surface area contributed by atoms with E-state index in [4.69, 9.17) is 9.72 Å². The lowest BCUT2D eigenvalue weighted by atomic mass is 10.0. The van der Waals surface area contributed by atoms with Crippen molar-refractivity contribution < 1.29 is 19.3 Å². The highest BCUT2D eigenvalue weighted by Gasteiger charge is 2.23. The van der Waals surface area contributed by atoms with Gasteiger partial charge >= 0.3 is 0 Å². The van der Waals surface area contributed by atoms with E-state index in [2.05, 4.69) is 36.1 Å². The normalized spacial score (nSPS) is 19.3. The molecule has 2 fully saturated rings. The van der Waals surface area contributed by atoms with Crippen LogP contribution in [-0.2, 0) is 6.54 Å². The monoisotopic (exact) mass is 585 g/mol. The molecule has 0 aliphatic carbocycles. The molecule has 224 valence electrons. The van der Waals surface area contributed by atoms with Crippen LogP contribution in [0, 0.1) is 5.82 Å². The zero-order valence-electron chi connectivity index (χ0n) is 24.2. The molecule has 11 heteroatoms. The Morgan fingerprint density at radius 2 is 1.79 bits per heavy atom. The molecular formula is C32H36FN7O3. The van der Waals surface area contributed by atoms with Gasteiger partial charge in [-0.3, -0.25) is 9.88 Å². The van der Waals surface area contributed by atoms with Gasteiger partial charge < -0.3 is 25.2 Å². The number of aliphatic hydroxyl groups is 2. The summed E-state index contributed by atoms with van der Waals surface area (Å²) in [6.07, 6.45) is 8.04. The molecule has 5 heterocycles. The molecule has 0 saturated carbocycles. The van der Waals surface area contributed by atoms with Crippen molar-refractivity contribution in [3.63, 3.8) is 0 Å². The van der Waals surface area contributed by atoms with E-state index in [0.717, 1.165) is 61.3 Å². The van der Waals surface area contributed by atoms with Crippen molar-refractivity contribution in [2.75, 3.05) is 43.5 Å². The maximum atomic E-state index is 14.7. The van der Waals surface area contributed by atoms with Gasteiger partial charge in [0.05, 0.1) is 30.6 Å². The number of likely N-dealkylation sites (tertiary alicyclic amines) is 1. The Labute approximate surface area is 250 Å². The molecule has 2 aliphatic rings. The molecule has 0 bridgehead atoms. The number of pyridine rings is 2. The van der Waals surface area contributed by atoms with Crippen LogP contribution in [0.25, 0.3) is 22.5 Å². The molecule has 0 radical (unpaired) electrons. The first kappa shape index (κ1) is 28.9. The lowest BCUT2D eigenvalue weighted by Gasteiger charge is -2.33. The third-order valence-electron chi connectivity index (χ3n) is 7.95. The summed E-state index contributed by atoms with van der Waals surface area (Å²) in [4.78, 5) is 22.6. The van der Waals surface area contributed by atoms with Crippen LogP contribution in [0.1, 0.15) is 31.4 Å². The minimum absolute atomic E-state index is 0.187. The molecule has 2 atom stereocenters. The summed E-state index contributed by atoms with van der Waals surface area (Å²) < 4.78 is 20.0. The van der Waals surface area contributed by atoms with E-state index in [1.165, 1.54) is 13.2 Å². The third-order valence-corrected chi connectivity index (χ3v) is 7.95. The Kier molecular flexibility index (Phi) is 8.73. The molecule has 1 aromatic carbocycles. The number of halogens is 1. The molecule has 43 heavy (non-hydrogen) atoms. The maximum absolute atomic E-state index is 14.7. The molecule has 3 N–H and O–H groups in total. The highest BCUT2D eigenvalue weighted by atomic mass is 19.1. The first-order valence-corrected chi connectivity index (χ1v) is 14.7. The van der Waals surface area contributed by atoms with Gasteiger partial charge in [-0.2, -0.15) is 0 Å². The fourth-order valence-corrected chi connectivity index (χ4v) is 5.82. The summed E-state index contributed by atoms with van der Waals surface area (Å²) in [6.45, 7) is 3.65. The topological polar surface area (TPSA) is 120 Å². The van der Waals surface area contributed by atoms with Gasteiger partial charge in [0.25, 0.3) is 0 Å². The molecular weight excluding hydrogens is 549 g/mol. The number of nitrogens with one attached hydrogen (secondary N) is 1. The molecule has 0 amide bonds. The Bertz CT molecular complexity index is 1550. The van der Waals surface area contributed by atoms with Crippen molar-refractivity contribution in [2.24, 2.45) is 0 Å². The zero-order valence-corrected chi connectivity index (χ0v) is 24.2. The molecule has 10 nitrogen and oxygen atoms in total. The molecule has 3 aromatic heterocycles. The van der Waals surface area contributed by atoms with Crippen molar-refractivity contribution in [1.29, 1.82) is 0 Å². The molecule has 4 aromatic rings. The van der Waals surface area contributed by atoms with Crippen molar-refractivity contribution in [3.8, 4) is 28.3 Å². The first-order chi connectivity index (χ1) is 21.0. The summed E-state index contributed by atoms with van der Waals surface area (Å²) >= 11 is 0. The van der Waals surface area contributed by atoms with Crippen LogP contribution in [0.4, 0.5) is 21.7 Å². The highest BCUT2D eigenvalue weighted by molar-refractivity contribution is 5.80. The Balaban J connectivity index is 1.28. The molecule has 1 unspecified atom stereocenters. The molecule has 0 spiro atoms. The average molecular weight is 586 g/mol. The lowest BCUT2D eigenvalue weighted by Crippen LogP contribution is -2.38. The number of nitrogens with zero attached hydrogens (tertiary/aromatic N) is 6. The minimum atomic E-state index is -0.474. The second kappa shape index (κ2) is 13.0. The van der Waals surface area contributed by atoms with Gasteiger partial charge in [-0.15, -0.1) is 0 Å². The van der Waals surface area contributed by atoms with Crippen LogP contribution in [0.3, 0.4) is 0 Å². The van der Waals surface area contributed by atoms with Gasteiger partial charge in [0.15, 0.2) is 5.82 Å². The molecule has 2 saturated heterocycles. The summed E-state index contributed by atoms with van der Waals surface area (Å²) in [5.41, 5.74) is 3.89. The van der Waals surface area contributed by atoms with Crippen LogP contribution in [-0.4, -0.2) is 80.5 Å². The largest absolute Gasteiger partial charge is 0.496 e. The summed E-state index contributed by atoms with van der Waals surface area (Å²) in [7, 11) is 1.48. The van der Waals surface area contributed by atoms with Gasteiger partial charge in [0.2, 0.25) is 0 Å². The van der Waals surface area contributed by atoms with Gasteiger partial charge in [-0.1, -0.05) is 12.1 Å². The fraction of sp³-hybridized carbons (Fsp3) is 0.375. The smallest absolute Gasteiger partial charge is 0.168 e. The number of aromatic nitrogens is 4. The Morgan fingerprint density at radius 1 is 0.953 bits per heavy atom. The third kappa shape index (κ3) is 6.74. The van der Waals surface area contributed by atoms with E-state index < -0.39 is 11.9 Å². The van der Waals surface area contributed by atoms with E-state index in [1.807, 2.05) is 18.3 Å². The fourth-order valence-electron chi connectivity index (χ4n) is 5.82. The second-order valence-corrected chi connectivity index (χ2v) is 11.1. The predicted octanol–water partition coefficient (Wildman–Crippen LogP) is 4.41.